The summed E-state index contributed by atoms with van der Waals surface area (Å²) in [6.07, 6.45) is 4.23. The van der Waals surface area contributed by atoms with E-state index in [1.54, 1.807) is 36.7 Å². The Morgan fingerprint density at radius 3 is 2.68 bits per heavy atom. The molecule has 7 nitrogen and oxygen atoms in total. The van der Waals surface area contributed by atoms with E-state index in [4.69, 9.17) is 11.6 Å². The lowest BCUT2D eigenvalue weighted by Gasteiger charge is -2.07. The first-order valence-electron chi connectivity index (χ1n) is 8.56. The second-order valence-electron chi connectivity index (χ2n) is 5.82. The fourth-order valence-corrected chi connectivity index (χ4v) is 3.17. The number of nitrogens with one attached hydrogen (secondary N) is 3. The van der Waals surface area contributed by atoms with Gasteiger partial charge in [-0.05, 0) is 42.8 Å². The van der Waals surface area contributed by atoms with Crippen molar-refractivity contribution in [3.05, 3.63) is 59.2 Å². The molecule has 3 aromatic rings. The number of pyridine rings is 1. The molecule has 0 saturated carbocycles. The Kier molecular flexibility index (Phi) is 6.94. The zero-order valence-electron chi connectivity index (χ0n) is 14.8. The number of thiazole rings is 1. The normalized spacial score (nSPS) is 10.3. The van der Waals surface area contributed by atoms with Crippen molar-refractivity contribution in [2.45, 2.75) is 12.8 Å². The highest BCUT2D eigenvalue weighted by molar-refractivity contribution is 7.14. The van der Waals surface area contributed by atoms with E-state index < -0.39 is 0 Å². The summed E-state index contributed by atoms with van der Waals surface area (Å²) >= 11 is 7.14. The van der Waals surface area contributed by atoms with E-state index in [1.807, 2.05) is 17.5 Å². The third-order valence-electron chi connectivity index (χ3n) is 3.68. The number of amides is 3. The first-order valence-corrected chi connectivity index (χ1v) is 9.82. The topological polar surface area (TPSA) is 96.0 Å². The van der Waals surface area contributed by atoms with Gasteiger partial charge in [-0.1, -0.05) is 11.6 Å². The van der Waals surface area contributed by atoms with Crippen molar-refractivity contribution in [1.29, 1.82) is 0 Å². The fraction of sp³-hybridized carbons (Fsp3) is 0.158. The SMILES string of the molecule is O=C(CCCNC(=O)Nc1nc(-c2cccnc2)cs1)Nc1ccc(Cl)cc1. The number of aromatic nitrogens is 2. The van der Waals surface area contributed by atoms with Crippen LogP contribution in [0.3, 0.4) is 0 Å². The lowest BCUT2D eigenvalue weighted by molar-refractivity contribution is -0.116. The first kappa shape index (κ1) is 19.8. The van der Waals surface area contributed by atoms with Crippen LogP contribution in [0, 0.1) is 0 Å². The van der Waals surface area contributed by atoms with Crippen molar-refractivity contribution < 1.29 is 9.59 Å². The first-order chi connectivity index (χ1) is 13.6. The number of carbonyl (C=O) groups is 2. The van der Waals surface area contributed by atoms with Crippen LogP contribution in [0.2, 0.25) is 5.02 Å². The Labute approximate surface area is 171 Å². The number of hydrogen-bond acceptors (Lipinski definition) is 5. The van der Waals surface area contributed by atoms with Gasteiger partial charge in [-0.25, -0.2) is 9.78 Å². The maximum absolute atomic E-state index is 11.9. The van der Waals surface area contributed by atoms with Gasteiger partial charge in [0.15, 0.2) is 5.13 Å². The third-order valence-corrected chi connectivity index (χ3v) is 4.69. The molecule has 0 aliphatic heterocycles. The lowest BCUT2D eigenvalue weighted by Crippen LogP contribution is -2.30. The minimum atomic E-state index is -0.356. The summed E-state index contributed by atoms with van der Waals surface area (Å²) in [7, 11) is 0. The Hall–Kier alpha value is -2.97. The summed E-state index contributed by atoms with van der Waals surface area (Å²) in [5.41, 5.74) is 2.33. The van der Waals surface area contributed by atoms with Gasteiger partial charge in [-0.3, -0.25) is 15.1 Å². The van der Waals surface area contributed by atoms with E-state index >= 15 is 0 Å². The number of benzene rings is 1. The van der Waals surface area contributed by atoms with Gasteiger partial charge in [-0.15, -0.1) is 11.3 Å². The van der Waals surface area contributed by atoms with Gasteiger partial charge in [0.25, 0.3) is 0 Å². The summed E-state index contributed by atoms with van der Waals surface area (Å²) < 4.78 is 0. The fourth-order valence-electron chi connectivity index (χ4n) is 2.33. The van der Waals surface area contributed by atoms with Crippen molar-refractivity contribution in [2.24, 2.45) is 0 Å². The van der Waals surface area contributed by atoms with Gasteiger partial charge in [0.1, 0.15) is 0 Å². The summed E-state index contributed by atoms with van der Waals surface area (Å²) in [5, 5.41) is 11.1. The third kappa shape index (κ3) is 6.04. The number of hydrogen-bond donors (Lipinski definition) is 3. The molecule has 2 heterocycles. The summed E-state index contributed by atoms with van der Waals surface area (Å²) in [6, 6.07) is 10.3. The van der Waals surface area contributed by atoms with Crippen LogP contribution in [-0.2, 0) is 4.79 Å². The van der Waals surface area contributed by atoms with E-state index in [0.29, 0.717) is 35.2 Å². The van der Waals surface area contributed by atoms with Crippen molar-refractivity contribution in [3.63, 3.8) is 0 Å². The number of rotatable bonds is 7. The van der Waals surface area contributed by atoms with Gasteiger partial charge < -0.3 is 10.6 Å². The van der Waals surface area contributed by atoms with Crippen LogP contribution in [-0.4, -0.2) is 28.5 Å². The molecule has 2 aromatic heterocycles. The monoisotopic (exact) mass is 415 g/mol. The molecule has 9 heteroatoms. The number of anilines is 2. The zero-order chi connectivity index (χ0) is 19.8. The van der Waals surface area contributed by atoms with Crippen molar-refractivity contribution >= 4 is 45.7 Å². The molecule has 0 saturated heterocycles. The minimum Gasteiger partial charge on any atom is -0.338 e. The molecule has 144 valence electrons. The molecule has 3 rings (SSSR count). The average molecular weight is 416 g/mol. The molecule has 0 bridgehead atoms. The van der Waals surface area contributed by atoms with Crippen LogP contribution in [0.25, 0.3) is 11.3 Å². The molecule has 3 amide bonds. The van der Waals surface area contributed by atoms with Gasteiger partial charge >= 0.3 is 6.03 Å². The number of halogens is 1. The highest BCUT2D eigenvalue weighted by atomic mass is 35.5. The zero-order valence-corrected chi connectivity index (χ0v) is 16.4. The average Bonchev–Trinajstić information content (AvgIpc) is 3.16. The molecular weight excluding hydrogens is 398 g/mol. The van der Waals surface area contributed by atoms with Gasteiger partial charge in [0.2, 0.25) is 5.91 Å². The van der Waals surface area contributed by atoms with Gasteiger partial charge in [-0.2, -0.15) is 0 Å². The predicted molar refractivity (Wildman–Crippen MR) is 112 cm³/mol. The standard InChI is InChI=1S/C19H18ClN5O2S/c20-14-5-7-15(8-6-14)23-17(26)4-2-10-22-18(27)25-19-24-16(12-28-19)13-3-1-9-21-11-13/h1,3,5-9,11-12H,2,4,10H2,(H,23,26)(H2,22,24,25,27). The van der Waals surface area contributed by atoms with Crippen LogP contribution < -0.4 is 16.0 Å². The Bertz CT molecular complexity index is 931. The molecule has 0 unspecified atom stereocenters. The summed E-state index contributed by atoms with van der Waals surface area (Å²) in [5.74, 6) is -0.120. The van der Waals surface area contributed by atoms with Crippen LogP contribution in [0.15, 0.2) is 54.2 Å². The molecular formula is C19H18ClN5O2S. The molecule has 1 aromatic carbocycles. The molecule has 0 fully saturated rings. The largest absolute Gasteiger partial charge is 0.338 e. The van der Waals surface area contributed by atoms with E-state index in [2.05, 4.69) is 25.9 Å². The van der Waals surface area contributed by atoms with E-state index in [1.165, 1.54) is 11.3 Å². The van der Waals surface area contributed by atoms with Crippen LogP contribution in [0.1, 0.15) is 12.8 Å². The lowest BCUT2D eigenvalue weighted by atomic mass is 10.2. The molecule has 28 heavy (non-hydrogen) atoms. The Morgan fingerprint density at radius 1 is 1.11 bits per heavy atom. The van der Waals surface area contributed by atoms with Crippen molar-refractivity contribution in [3.8, 4) is 11.3 Å². The maximum Gasteiger partial charge on any atom is 0.321 e. The second-order valence-corrected chi connectivity index (χ2v) is 7.11. The smallest absolute Gasteiger partial charge is 0.321 e. The molecule has 0 radical (unpaired) electrons. The number of nitrogens with zero attached hydrogens (tertiary/aromatic N) is 2. The van der Waals surface area contributed by atoms with Crippen LogP contribution in [0.4, 0.5) is 15.6 Å². The highest BCUT2D eigenvalue weighted by Gasteiger charge is 2.08. The van der Waals surface area contributed by atoms with E-state index in [-0.39, 0.29) is 11.9 Å². The van der Waals surface area contributed by atoms with Gasteiger partial charge in [0.05, 0.1) is 5.69 Å². The second kappa shape index (κ2) is 9.82. The Balaban J connectivity index is 1.36. The van der Waals surface area contributed by atoms with Crippen molar-refractivity contribution in [2.75, 3.05) is 17.2 Å². The van der Waals surface area contributed by atoms with Crippen LogP contribution >= 0.6 is 22.9 Å². The summed E-state index contributed by atoms with van der Waals surface area (Å²) in [4.78, 5) is 32.2. The molecule has 3 N–H and O–H groups in total. The molecule has 0 spiro atoms. The predicted octanol–water partition coefficient (Wildman–Crippen LogP) is 4.40. The van der Waals surface area contributed by atoms with E-state index in [9.17, 15) is 9.59 Å². The summed E-state index contributed by atoms with van der Waals surface area (Å²) in [6.45, 7) is 0.376. The Morgan fingerprint density at radius 2 is 1.93 bits per heavy atom. The maximum atomic E-state index is 11.9. The molecule has 0 atom stereocenters. The minimum absolute atomic E-state index is 0.120. The van der Waals surface area contributed by atoms with E-state index in [0.717, 1.165) is 11.3 Å². The quantitative estimate of drug-likeness (QED) is 0.498. The van der Waals surface area contributed by atoms with Crippen molar-refractivity contribution in [1.82, 2.24) is 15.3 Å². The number of carbonyl (C=O) groups excluding carboxylic acids is 2. The number of urea groups is 1. The van der Waals surface area contributed by atoms with Crippen LogP contribution in [0.5, 0.6) is 0 Å². The molecule has 0 aliphatic carbocycles. The molecule has 0 aliphatic rings. The highest BCUT2D eigenvalue weighted by Crippen LogP contribution is 2.23. The van der Waals surface area contributed by atoms with Gasteiger partial charge in [0, 0.05) is 47.0 Å².